The maximum atomic E-state index is 10.6. The summed E-state index contributed by atoms with van der Waals surface area (Å²) in [7, 11) is 0. The molecule has 11 heteroatoms. The molecule has 1 unspecified atom stereocenters. The lowest BCUT2D eigenvalue weighted by Crippen LogP contribution is -2.21. The summed E-state index contributed by atoms with van der Waals surface area (Å²) >= 11 is 0. The Bertz CT molecular complexity index is 961. The third-order valence-corrected chi connectivity index (χ3v) is 3.99. The van der Waals surface area contributed by atoms with E-state index in [2.05, 4.69) is 20.1 Å². The van der Waals surface area contributed by atoms with Crippen LogP contribution < -0.4 is 0 Å². The number of ether oxygens (including phenoxy) is 1. The van der Waals surface area contributed by atoms with Gasteiger partial charge >= 0.3 is 12.1 Å². The number of halogens is 3. The lowest BCUT2D eigenvalue weighted by atomic mass is 10.2. The average Bonchev–Trinajstić information content (AvgIpc) is 3.34. The van der Waals surface area contributed by atoms with Gasteiger partial charge in [-0.3, -0.25) is 0 Å². The third kappa shape index (κ3) is 4.85. The molecular formula is C17H17F3N4O4. The monoisotopic (exact) mass is 398 g/mol. The number of aliphatic carboxylic acids is 1. The van der Waals surface area contributed by atoms with Crippen LogP contribution in [0.15, 0.2) is 22.7 Å². The number of nitrogens with zero attached hydrogens (tertiary/aromatic N) is 3. The second kappa shape index (κ2) is 7.97. The normalized spacial score (nSPS) is 16.8. The molecular weight excluding hydrogens is 381 g/mol. The molecule has 28 heavy (non-hydrogen) atoms. The van der Waals surface area contributed by atoms with Crippen LogP contribution in [0.1, 0.15) is 24.5 Å². The summed E-state index contributed by atoms with van der Waals surface area (Å²) in [6.07, 6.45) is -1.95. The quantitative estimate of drug-likeness (QED) is 0.696. The summed E-state index contributed by atoms with van der Waals surface area (Å²) in [6.45, 7) is 2.78. The molecule has 0 radical (unpaired) electrons. The van der Waals surface area contributed by atoms with Crippen LogP contribution in [0, 0.1) is 6.92 Å². The third-order valence-electron chi connectivity index (χ3n) is 3.99. The van der Waals surface area contributed by atoms with Crippen LogP contribution in [-0.4, -0.2) is 50.1 Å². The molecule has 8 nitrogen and oxygen atoms in total. The van der Waals surface area contributed by atoms with Crippen LogP contribution in [0.4, 0.5) is 13.2 Å². The molecule has 0 amide bonds. The predicted octanol–water partition coefficient (Wildman–Crippen LogP) is 3.28. The van der Waals surface area contributed by atoms with Crippen molar-refractivity contribution in [2.45, 2.75) is 38.5 Å². The van der Waals surface area contributed by atoms with Crippen molar-refractivity contribution in [3.8, 4) is 11.5 Å². The van der Waals surface area contributed by atoms with Crippen molar-refractivity contribution < 1.29 is 32.3 Å². The molecule has 1 aliphatic heterocycles. The van der Waals surface area contributed by atoms with E-state index in [0.717, 1.165) is 48.3 Å². The maximum absolute atomic E-state index is 10.6. The van der Waals surface area contributed by atoms with Crippen LogP contribution in [0.2, 0.25) is 0 Å². The van der Waals surface area contributed by atoms with Gasteiger partial charge < -0.3 is 19.4 Å². The van der Waals surface area contributed by atoms with E-state index >= 15 is 0 Å². The number of benzene rings is 1. The van der Waals surface area contributed by atoms with Crippen molar-refractivity contribution in [1.29, 1.82) is 0 Å². The van der Waals surface area contributed by atoms with Gasteiger partial charge in [-0.15, -0.1) is 0 Å². The Morgan fingerprint density at radius 3 is 2.75 bits per heavy atom. The summed E-state index contributed by atoms with van der Waals surface area (Å²) in [5.41, 5.74) is 2.82. The zero-order valence-corrected chi connectivity index (χ0v) is 14.8. The second-order valence-electron chi connectivity index (χ2n) is 6.21. The predicted molar refractivity (Wildman–Crippen MR) is 90.5 cm³/mol. The first-order chi connectivity index (χ1) is 13.2. The van der Waals surface area contributed by atoms with Crippen molar-refractivity contribution in [3.05, 3.63) is 29.8 Å². The van der Waals surface area contributed by atoms with Gasteiger partial charge in [0.05, 0.1) is 17.1 Å². The SMILES string of the molecule is Cc1nc2ccc(-c3nc(CC4CCCO4)no3)cc2[nH]1.O=C(O)C(F)(F)F. The first-order valence-electron chi connectivity index (χ1n) is 8.43. The van der Waals surface area contributed by atoms with E-state index in [1.165, 1.54) is 0 Å². The minimum atomic E-state index is -5.08. The van der Waals surface area contributed by atoms with E-state index < -0.39 is 12.1 Å². The number of nitrogens with one attached hydrogen (secondary N) is 1. The first-order valence-corrected chi connectivity index (χ1v) is 8.43. The van der Waals surface area contributed by atoms with Crippen LogP contribution in [0.3, 0.4) is 0 Å². The highest BCUT2D eigenvalue weighted by molar-refractivity contribution is 5.80. The Hall–Kier alpha value is -2.95. The van der Waals surface area contributed by atoms with E-state index in [1.54, 1.807) is 0 Å². The Morgan fingerprint density at radius 2 is 2.11 bits per heavy atom. The molecule has 1 aromatic carbocycles. The highest BCUT2D eigenvalue weighted by Gasteiger charge is 2.38. The fraction of sp³-hybridized carbons (Fsp3) is 0.412. The van der Waals surface area contributed by atoms with Gasteiger partial charge in [-0.2, -0.15) is 18.2 Å². The molecule has 1 aliphatic rings. The summed E-state index contributed by atoms with van der Waals surface area (Å²) in [5.74, 6) is -0.616. The molecule has 3 heterocycles. The lowest BCUT2D eigenvalue weighted by molar-refractivity contribution is -0.192. The zero-order chi connectivity index (χ0) is 20.3. The molecule has 0 saturated carbocycles. The summed E-state index contributed by atoms with van der Waals surface area (Å²) in [6, 6.07) is 5.89. The Morgan fingerprint density at radius 1 is 1.36 bits per heavy atom. The second-order valence-corrected chi connectivity index (χ2v) is 6.21. The molecule has 1 atom stereocenters. The number of alkyl halides is 3. The van der Waals surface area contributed by atoms with E-state index in [9.17, 15) is 13.2 Å². The molecule has 150 valence electrons. The molecule has 0 bridgehead atoms. The summed E-state index contributed by atoms with van der Waals surface area (Å²) in [4.78, 5) is 21.0. The number of imidazole rings is 1. The molecule has 1 fully saturated rings. The van der Waals surface area contributed by atoms with Crippen molar-refractivity contribution in [2.75, 3.05) is 6.61 Å². The first kappa shape index (κ1) is 19.8. The Balaban J connectivity index is 0.000000279. The number of aryl methyl sites for hydroxylation is 1. The molecule has 0 spiro atoms. The summed E-state index contributed by atoms with van der Waals surface area (Å²) in [5, 5.41) is 11.2. The fourth-order valence-electron chi connectivity index (χ4n) is 2.73. The number of H-pyrrole nitrogens is 1. The number of aromatic nitrogens is 4. The van der Waals surface area contributed by atoms with Crippen LogP contribution in [0.25, 0.3) is 22.5 Å². The number of aromatic amines is 1. The smallest absolute Gasteiger partial charge is 0.475 e. The Labute approximate surface area is 156 Å². The van der Waals surface area contributed by atoms with Gasteiger partial charge in [0.1, 0.15) is 5.82 Å². The topological polar surface area (TPSA) is 114 Å². The zero-order valence-electron chi connectivity index (χ0n) is 14.8. The van der Waals surface area contributed by atoms with Crippen LogP contribution in [-0.2, 0) is 16.0 Å². The van der Waals surface area contributed by atoms with E-state index in [-0.39, 0.29) is 6.10 Å². The molecule has 2 N–H and O–H groups in total. The standard InChI is InChI=1S/C15H16N4O2.C2HF3O2/c1-9-16-12-5-4-10(7-13(12)17-9)15-18-14(19-21-15)8-11-3-2-6-20-11;3-2(4,5)1(6)7/h4-5,7,11H,2-3,6,8H2,1H3,(H,16,17);(H,6,7). The number of carboxylic acid groups (broad SMARTS) is 1. The van der Waals surface area contributed by atoms with E-state index in [1.807, 2.05) is 25.1 Å². The molecule has 1 saturated heterocycles. The van der Waals surface area contributed by atoms with E-state index in [4.69, 9.17) is 19.2 Å². The number of hydrogen-bond acceptors (Lipinski definition) is 6. The number of rotatable bonds is 3. The summed E-state index contributed by atoms with van der Waals surface area (Å²) < 4.78 is 42.7. The van der Waals surface area contributed by atoms with Gasteiger partial charge in [-0.1, -0.05) is 5.16 Å². The van der Waals surface area contributed by atoms with Gasteiger partial charge in [0.15, 0.2) is 5.82 Å². The van der Waals surface area contributed by atoms with Gasteiger partial charge in [-0.25, -0.2) is 9.78 Å². The number of carbonyl (C=O) groups is 1. The van der Waals surface area contributed by atoms with Gasteiger partial charge in [0, 0.05) is 18.6 Å². The van der Waals surface area contributed by atoms with Crippen LogP contribution >= 0.6 is 0 Å². The highest BCUT2D eigenvalue weighted by Crippen LogP contribution is 2.23. The van der Waals surface area contributed by atoms with Crippen molar-refractivity contribution in [3.63, 3.8) is 0 Å². The molecule has 4 rings (SSSR count). The fourth-order valence-corrected chi connectivity index (χ4v) is 2.73. The molecule has 0 aliphatic carbocycles. The number of hydrogen-bond donors (Lipinski definition) is 2. The van der Waals surface area contributed by atoms with Crippen molar-refractivity contribution in [2.24, 2.45) is 0 Å². The molecule has 3 aromatic rings. The van der Waals surface area contributed by atoms with Crippen molar-refractivity contribution >= 4 is 17.0 Å². The Kier molecular flexibility index (Phi) is 5.63. The number of fused-ring (bicyclic) bond motifs is 1. The maximum Gasteiger partial charge on any atom is 0.490 e. The molecule has 2 aromatic heterocycles. The minimum absolute atomic E-state index is 0.230. The average molecular weight is 398 g/mol. The van der Waals surface area contributed by atoms with Gasteiger partial charge in [-0.05, 0) is 38.0 Å². The largest absolute Gasteiger partial charge is 0.490 e. The van der Waals surface area contributed by atoms with Crippen LogP contribution in [0.5, 0.6) is 0 Å². The van der Waals surface area contributed by atoms with Gasteiger partial charge in [0.2, 0.25) is 0 Å². The van der Waals surface area contributed by atoms with E-state index in [0.29, 0.717) is 11.7 Å². The van der Waals surface area contributed by atoms with Crippen molar-refractivity contribution in [1.82, 2.24) is 20.1 Å². The lowest BCUT2D eigenvalue weighted by Gasteiger charge is -2.03. The minimum Gasteiger partial charge on any atom is -0.475 e. The van der Waals surface area contributed by atoms with Gasteiger partial charge in [0.25, 0.3) is 5.89 Å². The highest BCUT2D eigenvalue weighted by atomic mass is 19.4. The number of carboxylic acids is 1.